The van der Waals surface area contributed by atoms with E-state index in [1.165, 1.54) is 28.5 Å². The molecule has 2 aromatic heterocycles. The fourth-order valence-corrected chi connectivity index (χ4v) is 4.10. The van der Waals surface area contributed by atoms with Crippen molar-refractivity contribution in [3.05, 3.63) is 64.6 Å². The van der Waals surface area contributed by atoms with Crippen LogP contribution in [0.4, 0.5) is 18.0 Å². The van der Waals surface area contributed by atoms with Crippen LogP contribution in [0.25, 0.3) is 22.5 Å². The minimum Gasteiger partial charge on any atom is -0.496 e. The molecule has 1 amide bonds. The summed E-state index contributed by atoms with van der Waals surface area (Å²) >= 11 is 0. The highest BCUT2D eigenvalue weighted by Crippen LogP contribution is 2.34. The van der Waals surface area contributed by atoms with E-state index in [0.29, 0.717) is 13.0 Å². The second kappa shape index (κ2) is 9.18. The maximum Gasteiger partial charge on any atom is 0.534 e. The zero-order valence-electron chi connectivity index (χ0n) is 18.5. The van der Waals surface area contributed by atoms with Gasteiger partial charge in [0.1, 0.15) is 17.1 Å². The van der Waals surface area contributed by atoms with Crippen LogP contribution < -0.4 is 14.5 Å². The van der Waals surface area contributed by atoms with Crippen LogP contribution in [0.3, 0.4) is 0 Å². The number of amides is 1. The number of nitrogens with zero attached hydrogens (tertiary/aromatic N) is 3. The first kappa shape index (κ1) is 25.0. The summed E-state index contributed by atoms with van der Waals surface area (Å²) in [5.41, 5.74) is -3.80. The van der Waals surface area contributed by atoms with Crippen molar-refractivity contribution >= 4 is 27.4 Å². The average Bonchev–Trinajstić information content (AvgIpc) is 2.82. The van der Waals surface area contributed by atoms with Gasteiger partial charge in [-0.2, -0.15) is 21.6 Å². The molecule has 0 unspecified atom stereocenters. The molecule has 1 aliphatic rings. The summed E-state index contributed by atoms with van der Waals surface area (Å²) in [5, 5.41) is 9.08. The van der Waals surface area contributed by atoms with Gasteiger partial charge in [0.05, 0.1) is 12.8 Å². The first-order valence-electron chi connectivity index (χ1n) is 10.3. The molecule has 190 valence electrons. The lowest BCUT2D eigenvalue weighted by Crippen LogP contribution is -2.33. The Bertz CT molecular complexity index is 1550. The molecular formula is C22H18F3N3O7S. The number of carbonyl (C=O) groups is 1. The lowest BCUT2D eigenvalue weighted by molar-refractivity contribution is -0.0500. The highest BCUT2D eigenvalue weighted by atomic mass is 32.2. The van der Waals surface area contributed by atoms with E-state index in [1.54, 1.807) is 24.4 Å². The van der Waals surface area contributed by atoms with Crippen molar-refractivity contribution in [3.63, 3.8) is 0 Å². The van der Waals surface area contributed by atoms with E-state index in [9.17, 15) is 31.2 Å². The van der Waals surface area contributed by atoms with Gasteiger partial charge in [-0.1, -0.05) is 6.08 Å². The van der Waals surface area contributed by atoms with Crippen LogP contribution in [-0.4, -0.2) is 59.6 Å². The molecule has 36 heavy (non-hydrogen) atoms. The summed E-state index contributed by atoms with van der Waals surface area (Å²) in [5.74, 6) is -0.689. The summed E-state index contributed by atoms with van der Waals surface area (Å²) in [4.78, 5) is 29.6. The molecule has 10 nitrogen and oxygen atoms in total. The van der Waals surface area contributed by atoms with E-state index in [2.05, 4.69) is 9.17 Å². The molecule has 14 heteroatoms. The molecule has 1 aromatic carbocycles. The first-order valence-corrected chi connectivity index (χ1v) is 11.7. The number of aromatic nitrogens is 2. The van der Waals surface area contributed by atoms with Gasteiger partial charge in [0.25, 0.3) is 5.56 Å². The number of methoxy groups -OCH3 is 1. The van der Waals surface area contributed by atoms with Crippen molar-refractivity contribution in [1.29, 1.82) is 0 Å². The fourth-order valence-electron chi connectivity index (χ4n) is 3.64. The van der Waals surface area contributed by atoms with Gasteiger partial charge in [-0.3, -0.25) is 9.20 Å². The van der Waals surface area contributed by atoms with Crippen LogP contribution in [0.2, 0.25) is 0 Å². The topological polar surface area (TPSA) is 128 Å². The molecule has 1 aliphatic heterocycles. The number of rotatable bonds is 5. The zero-order chi connectivity index (χ0) is 26.3. The molecule has 0 bridgehead atoms. The minimum atomic E-state index is -5.87. The smallest absolute Gasteiger partial charge is 0.496 e. The fraction of sp³-hybridized carbons (Fsp3) is 0.227. The Morgan fingerprint density at radius 2 is 1.92 bits per heavy atom. The summed E-state index contributed by atoms with van der Waals surface area (Å²) in [6, 6.07) is 7.70. The van der Waals surface area contributed by atoms with Gasteiger partial charge in [-0.25, -0.2) is 9.78 Å². The van der Waals surface area contributed by atoms with Crippen molar-refractivity contribution in [2.24, 2.45) is 0 Å². The SMILES string of the molecule is COc1cc(OS(=O)(=O)C(F)(F)F)ccc1-c1cc(=O)n2cc(C3=CCN(C(=O)O)CC3)ccc2n1. The maximum absolute atomic E-state index is 12.9. The second-order valence-corrected chi connectivity index (χ2v) is 9.22. The predicted octanol–water partition coefficient (Wildman–Crippen LogP) is 3.37. The number of alkyl halides is 3. The standard InChI is InChI=1S/C22H18F3N3O7S/c1-34-18-10-15(35-36(32,33)22(23,24)25)3-4-16(18)17-11-20(29)28-12-14(2-5-19(28)26-17)13-6-8-27(9-7-13)21(30)31/h2-6,10-12H,7-9H2,1H3,(H,30,31). The third-order valence-corrected chi connectivity index (χ3v) is 6.43. The molecule has 1 N–H and O–H groups in total. The molecule has 0 aliphatic carbocycles. The van der Waals surface area contributed by atoms with Gasteiger partial charge in [0, 0.05) is 37.0 Å². The molecule has 3 heterocycles. The van der Waals surface area contributed by atoms with E-state index < -0.39 is 33.0 Å². The number of carboxylic acid groups (broad SMARTS) is 1. The largest absolute Gasteiger partial charge is 0.534 e. The minimum absolute atomic E-state index is 0.0620. The van der Waals surface area contributed by atoms with E-state index >= 15 is 0 Å². The Morgan fingerprint density at radius 3 is 2.53 bits per heavy atom. The number of hydrogen-bond donors (Lipinski definition) is 1. The molecule has 3 aromatic rings. The van der Waals surface area contributed by atoms with E-state index in [0.717, 1.165) is 23.3 Å². The number of pyridine rings is 1. The van der Waals surface area contributed by atoms with Gasteiger partial charge in [-0.15, -0.1) is 0 Å². The van der Waals surface area contributed by atoms with Crippen molar-refractivity contribution in [1.82, 2.24) is 14.3 Å². The van der Waals surface area contributed by atoms with E-state index in [-0.39, 0.29) is 29.2 Å². The Labute approximate surface area is 201 Å². The predicted molar refractivity (Wildman–Crippen MR) is 121 cm³/mol. The number of halogens is 3. The van der Waals surface area contributed by atoms with Gasteiger partial charge in [-0.05, 0) is 41.8 Å². The third-order valence-electron chi connectivity index (χ3n) is 5.45. The van der Waals surface area contributed by atoms with Crippen molar-refractivity contribution in [2.45, 2.75) is 11.9 Å². The molecule has 0 saturated carbocycles. The summed E-state index contributed by atoms with van der Waals surface area (Å²) in [6.07, 6.45) is 2.84. The summed E-state index contributed by atoms with van der Waals surface area (Å²) in [6.45, 7) is 0.563. The Morgan fingerprint density at radius 1 is 1.17 bits per heavy atom. The molecular weight excluding hydrogens is 507 g/mol. The van der Waals surface area contributed by atoms with Crippen molar-refractivity contribution in [3.8, 4) is 22.8 Å². The first-order chi connectivity index (χ1) is 16.9. The van der Waals surface area contributed by atoms with Crippen LogP contribution in [0.5, 0.6) is 11.5 Å². The zero-order valence-corrected chi connectivity index (χ0v) is 19.3. The van der Waals surface area contributed by atoms with Crippen molar-refractivity contribution < 1.29 is 40.4 Å². The number of hydrogen-bond acceptors (Lipinski definition) is 7. The van der Waals surface area contributed by atoms with Gasteiger partial charge in [0.15, 0.2) is 0 Å². The molecule has 0 atom stereocenters. The molecule has 0 radical (unpaired) electrons. The molecule has 0 spiro atoms. The second-order valence-electron chi connectivity index (χ2n) is 7.68. The molecule has 4 rings (SSSR count). The number of benzene rings is 1. The number of ether oxygens (including phenoxy) is 1. The maximum atomic E-state index is 12.9. The van der Waals surface area contributed by atoms with E-state index in [1.807, 2.05) is 0 Å². The van der Waals surface area contributed by atoms with E-state index in [4.69, 9.17) is 9.84 Å². The Kier molecular flexibility index (Phi) is 6.39. The molecule has 0 saturated heterocycles. The normalized spacial score (nSPS) is 14.4. The van der Waals surface area contributed by atoms with Gasteiger partial charge >= 0.3 is 21.7 Å². The van der Waals surface area contributed by atoms with Crippen LogP contribution in [0.15, 0.2) is 53.5 Å². The number of fused-ring (bicyclic) bond motifs is 1. The lowest BCUT2D eigenvalue weighted by Gasteiger charge is -2.23. The van der Waals surface area contributed by atoms with Crippen LogP contribution in [0, 0.1) is 0 Å². The van der Waals surface area contributed by atoms with Gasteiger partial charge in [0.2, 0.25) is 0 Å². The summed E-state index contributed by atoms with van der Waals surface area (Å²) < 4.78 is 71.0. The Balaban J connectivity index is 1.68. The quantitative estimate of drug-likeness (QED) is 0.397. The van der Waals surface area contributed by atoms with Gasteiger partial charge < -0.3 is 18.9 Å². The lowest BCUT2D eigenvalue weighted by atomic mass is 10.0. The monoisotopic (exact) mass is 525 g/mol. The average molecular weight is 525 g/mol. The Hall–Kier alpha value is -4.07. The summed E-state index contributed by atoms with van der Waals surface area (Å²) in [7, 11) is -4.66. The van der Waals surface area contributed by atoms with Crippen LogP contribution in [0.1, 0.15) is 12.0 Å². The highest BCUT2D eigenvalue weighted by molar-refractivity contribution is 7.88. The third kappa shape index (κ3) is 4.84. The van der Waals surface area contributed by atoms with Crippen LogP contribution in [-0.2, 0) is 10.1 Å². The molecule has 0 fully saturated rings. The highest BCUT2D eigenvalue weighted by Gasteiger charge is 2.48. The van der Waals surface area contributed by atoms with Crippen molar-refractivity contribution in [2.75, 3.05) is 20.2 Å². The van der Waals surface area contributed by atoms with Crippen LogP contribution >= 0.6 is 0 Å².